The monoisotopic (exact) mass is 357 g/mol. The van der Waals surface area contributed by atoms with Crippen LogP contribution in [-0.2, 0) is 23.4 Å². The summed E-state index contributed by atoms with van der Waals surface area (Å²) in [4.78, 5) is 29.2. The Kier molecular flexibility index (Phi) is 4.58. The van der Waals surface area contributed by atoms with Gasteiger partial charge < -0.3 is 15.2 Å². The molecule has 2 aromatic rings. The van der Waals surface area contributed by atoms with Gasteiger partial charge in [-0.3, -0.25) is 14.2 Å². The van der Waals surface area contributed by atoms with Crippen LogP contribution in [-0.4, -0.2) is 27.2 Å². The van der Waals surface area contributed by atoms with Crippen LogP contribution >= 0.6 is 0 Å². The lowest BCUT2D eigenvalue weighted by Gasteiger charge is -2.32. The molecule has 0 bridgehead atoms. The van der Waals surface area contributed by atoms with Gasteiger partial charge in [0.15, 0.2) is 5.69 Å². The van der Waals surface area contributed by atoms with Gasteiger partial charge in [-0.2, -0.15) is 0 Å². The van der Waals surface area contributed by atoms with Crippen LogP contribution < -0.4 is 10.9 Å². The summed E-state index contributed by atoms with van der Waals surface area (Å²) in [6, 6.07) is 5.90. The first-order chi connectivity index (χ1) is 12.2. The maximum Gasteiger partial charge on any atom is 0.296 e. The van der Waals surface area contributed by atoms with E-state index >= 15 is 0 Å². The third-order valence-corrected chi connectivity index (χ3v) is 4.70. The van der Waals surface area contributed by atoms with E-state index in [0.29, 0.717) is 19.0 Å². The predicted octanol–water partition coefficient (Wildman–Crippen LogP) is 1.76. The summed E-state index contributed by atoms with van der Waals surface area (Å²) in [6.07, 6.45) is 0. The summed E-state index contributed by atoms with van der Waals surface area (Å²) in [6.45, 7) is 8.49. The maximum atomic E-state index is 12.5. The number of nitrogens with one attached hydrogen (secondary N) is 1. The molecular weight excluding hydrogens is 334 g/mol. The van der Waals surface area contributed by atoms with Crippen LogP contribution in [0.5, 0.6) is 5.75 Å². The number of aromatic hydroxyl groups is 1. The molecule has 1 aromatic heterocycles. The second-order valence-corrected chi connectivity index (χ2v) is 7.05. The average molecular weight is 357 g/mol. The van der Waals surface area contributed by atoms with E-state index in [9.17, 15) is 14.7 Å². The molecule has 0 unspecified atom stereocenters. The Labute approximate surface area is 151 Å². The highest BCUT2D eigenvalue weighted by Crippen LogP contribution is 2.27. The molecule has 0 saturated carbocycles. The molecule has 26 heavy (non-hydrogen) atoms. The van der Waals surface area contributed by atoms with Crippen LogP contribution in [0.3, 0.4) is 0 Å². The highest BCUT2D eigenvalue weighted by atomic mass is 16.5. The Morgan fingerprint density at radius 2 is 2.08 bits per heavy atom. The highest BCUT2D eigenvalue weighted by Gasteiger charge is 2.34. The summed E-state index contributed by atoms with van der Waals surface area (Å²) < 4.78 is 7.00. The molecular formula is C19H23N3O4. The van der Waals surface area contributed by atoms with Crippen LogP contribution in [0.1, 0.15) is 46.9 Å². The Morgan fingerprint density at radius 3 is 2.77 bits per heavy atom. The van der Waals surface area contributed by atoms with Gasteiger partial charge >= 0.3 is 0 Å². The normalized spacial score (nSPS) is 15.4. The third-order valence-electron chi connectivity index (χ3n) is 4.70. The fraction of sp³-hybridized carbons (Fsp3) is 0.421. The standard InChI is InChI=1S/C19H23N3O4/c1-11-5-6-13(9-12(11)2)10-20-16(24)14-15(23)17(25)22-7-8-26-19(3,4)18(22)21-14/h5-6,9,23H,7-8,10H2,1-4H3,(H,20,24). The molecule has 0 atom stereocenters. The topological polar surface area (TPSA) is 93.5 Å². The van der Waals surface area contributed by atoms with Gasteiger partial charge in [0, 0.05) is 6.54 Å². The van der Waals surface area contributed by atoms with Crippen molar-refractivity contribution < 1.29 is 14.6 Å². The van der Waals surface area contributed by atoms with Crippen molar-refractivity contribution in [2.24, 2.45) is 0 Å². The van der Waals surface area contributed by atoms with Crippen molar-refractivity contribution in [2.45, 2.75) is 46.4 Å². The minimum absolute atomic E-state index is 0.274. The zero-order chi connectivity index (χ0) is 19.1. The van der Waals surface area contributed by atoms with Crippen LogP contribution in [0.2, 0.25) is 0 Å². The van der Waals surface area contributed by atoms with Gasteiger partial charge in [-0.15, -0.1) is 0 Å². The fourth-order valence-electron chi connectivity index (χ4n) is 3.01. The Bertz CT molecular complexity index is 931. The molecule has 2 heterocycles. The van der Waals surface area contributed by atoms with Crippen LogP contribution in [0.15, 0.2) is 23.0 Å². The third kappa shape index (κ3) is 3.22. The first-order valence-electron chi connectivity index (χ1n) is 8.53. The molecule has 1 aliphatic heterocycles. The van der Waals surface area contributed by atoms with Gasteiger partial charge in [0.2, 0.25) is 5.75 Å². The number of benzene rings is 1. The number of carbonyl (C=O) groups excluding carboxylic acids is 1. The quantitative estimate of drug-likeness (QED) is 0.873. The lowest BCUT2D eigenvalue weighted by Crippen LogP contribution is -2.42. The molecule has 7 nitrogen and oxygen atoms in total. The number of carbonyl (C=O) groups is 1. The van der Waals surface area contributed by atoms with Gasteiger partial charge in [0.05, 0.1) is 13.2 Å². The molecule has 3 rings (SSSR count). The number of aromatic nitrogens is 2. The van der Waals surface area contributed by atoms with E-state index in [2.05, 4.69) is 10.3 Å². The zero-order valence-corrected chi connectivity index (χ0v) is 15.4. The first-order valence-corrected chi connectivity index (χ1v) is 8.53. The SMILES string of the molecule is Cc1ccc(CNC(=O)c2nc3n(c(=O)c2O)CCOC3(C)C)cc1C. The van der Waals surface area contributed by atoms with Crippen molar-refractivity contribution >= 4 is 5.91 Å². The molecule has 2 N–H and O–H groups in total. The second kappa shape index (κ2) is 6.57. The number of ether oxygens (including phenoxy) is 1. The number of hydrogen-bond acceptors (Lipinski definition) is 5. The maximum absolute atomic E-state index is 12.5. The summed E-state index contributed by atoms with van der Waals surface area (Å²) >= 11 is 0. The minimum atomic E-state index is -0.811. The minimum Gasteiger partial charge on any atom is -0.501 e. The number of fused-ring (bicyclic) bond motifs is 1. The number of rotatable bonds is 3. The molecule has 0 fully saturated rings. The molecule has 0 radical (unpaired) electrons. The van der Waals surface area contributed by atoms with Gasteiger partial charge in [-0.05, 0) is 44.4 Å². The van der Waals surface area contributed by atoms with E-state index in [1.807, 2.05) is 32.0 Å². The predicted molar refractivity (Wildman–Crippen MR) is 96.2 cm³/mol. The number of amides is 1. The fourth-order valence-corrected chi connectivity index (χ4v) is 3.01. The Hall–Kier alpha value is -2.67. The van der Waals surface area contributed by atoms with Crippen LogP contribution in [0.4, 0.5) is 0 Å². The largest absolute Gasteiger partial charge is 0.501 e. The highest BCUT2D eigenvalue weighted by molar-refractivity contribution is 5.94. The van der Waals surface area contributed by atoms with E-state index in [1.165, 1.54) is 10.1 Å². The molecule has 1 aromatic carbocycles. The summed E-state index contributed by atoms with van der Waals surface area (Å²) in [5.41, 5.74) is 1.52. The van der Waals surface area contributed by atoms with Crippen molar-refractivity contribution in [1.82, 2.24) is 14.9 Å². The van der Waals surface area contributed by atoms with Crippen LogP contribution in [0.25, 0.3) is 0 Å². The van der Waals surface area contributed by atoms with Crippen LogP contribution in [0, 0.1) is 13.8 Å². The Balaban J connectivity index is 1.89. The summed E-state index contributed by atoms with van der Waals surface area (Å²) in [5.74, 6) is -0.894. The van der Waals surface area contributed by atoms with E-state index in [0.717, 1.165) is 11.1 Å². The average Bonchev–Trinajstić information content (AvgIpc) is 2.59. The molecule has 7 heteroatoms. The Morgan fingerprint density at radius 1 is 1.35 bits per heavy atom. The number of hydrogen-bond donors (Lipinski definition) is 2. The molecule has 0 saturated heterocycles. The molecule has 1 amide bonds. The molecule has 0 aliphatic carbocycles. The number of nitrogens with zero attached hydrogens (tertiary/aromatic N) is 2. The van der Waals surface area contributed by atoms with Gasteiger partial charge in [-0.25, -0.2) is 4.98 Å². The van der Waals surface area contributed by atoms with Crippen molar-refractivity contribution in [3.8, 4) is 5.75 Å². The summed E-state index contributed by atoms with van der Waals surface area (Å²) in [7, 11) is 0. The van der Waals surface area contributed by atoms with Gasteiger partial charge in [-0.1, -0.05) is 18.2 Å². The zero-order valence-electron chi connectivity index (χ0n) is 15.4. The van der Waals surface area contributed by atoms with Gasteiger partial charge in [0.25, 0.3) is 11.5 Å². The molecule has 138 valence electrons. The van der Waals surface area contributed by atoms with E-state index < -0.39 is 22.8 Å². The molecule has 1 aliphatic rings. The smallest absolute Gasteiger partial charge is 0.296 e. The van der Waals surface area contributed by atoms with Gasteiger partial charge in [0.1, 0.15) is 11.4 Å². The van der Waals surface area contributed by atoms with Crippen molar-refractivity contribution in [2.75, 3.05) is 6.61 Å². The summed E-state index contributed by atoms with van der Waals surface area (Å²) in [5, 5.41) is 12.9. The van der Waals surface area contributed by atoms with Crippen molar-refractivity contribution in [3.05, 3.63) is 56.8 Å². The van der Waals surface area contributed by atoms with E-state index in [4.69, 9.17) is 4.74 Å². The number of aryl methyl sites for hydroxylation is 2. The lowest BCUT2D eigenvalue weighted by molar-refractivity contribution is -0.0566. The lowest BCUT2D eigenvalue weighted by atomic mass is 10.1. The van der Waals surface area contributed by atoms with E-state index in [1.54, 1.807) is 13.8 Å². The molecule has 0 spiro atoms. The van der Waals surface area contributed by atoms with E-state index in [-0.39, 0.29) is 12.2 Å². The first kappa shape index (κ1) is 18.1. The van der Waals surface area contributed by atoms with Crippen molar-refractivity contribution in [1.29, 1.82) is 0 Å². The van der Waals surface area contributed by atoms with Crippen molar-refractivity contribution in [3.63, 3.8) is 0 Å². The second-order valence-electron chi connectivity index (χ2n) is 7.05.